The minimum Gasteiger partial charge on any atom is -0.365 e. The standard InChI is InChI=1S/C8H13N5O2/c1-8(3-2-4-15-8)7(14)9-5-6-10-12-13-11-6/h2-5H2,1H3,(H,9,14)(H,10,11,12,13). The number of nitrogens with zero attached hydrogens (tertiary/aromatic N) is 3. The van der Waals surface area contributed by atoms with Crippen LogP contribution in [-0.2, 0) is 16.1 Å². The Hall–Kier alpha value is -1.50. The third-order valence-electron chi connectivity index (χ3n) is 2.50. The lowest BCUT2D eigenvalue weighted by molar-refractivity contribution is -0.139. The first-order valence-electron chi connectivity index (χ1n) is 4.85. The van der Waals surface area contributed by atoms with Gasteiger partial charge >= 0.3 is 0 Å². The molecule has 1 fully saturated rings. The Morgan fingerprint density at radius 2 is 2.60 bits per heavy atom. The summed E-state index contributed by atoms with van der Waals surface area (Å²) in [6.45, 7) is 2.71. The van der Waals surface area contributed by atoms with Gasteiger partial charge in [0.05, 0.1) is 6.54 Å². The summed E-state index contributed by atoms with van der Waals surface area (Å²) in [6, 6.07) is 0. The summed E-state index contributed by atoms with van der Waals surface area (Å²) < 4.78 is 5.40. The van der Waals surface area contributed by atoms with Gasteiger partial charge in [-0.05, 0) is 19.8 Å². The highest BCUT2D eigenvalue weighted by Gasteiger charge is 2.37. The third kappa shape index (κ3) is 2.12. The molecule has 0 aromatic carbocycles. The van der Waals surface area contributed by atoms with Crippen molar-refractivity contribution in [3.63, 3.8) is 0 Å². The highest BCUT2D eigenvalue weighted by atomic mass is 16.5. The van der Waals surface area contributed by atoms with Gasteiger partial charge in [-0.25, -0.2) is 0 Å². The smallest absolute Gasteiger partial charge is 0.252 e. The second-order valence-corrected chi connectivity index (χ2v) is 3.69. The number of hydrogen-bond acceptors (Lipinski definition) is 5. The maximum absolute atomic E-state index is 11.7. The lowest BCUT2D eigenvalue weighted by Gasteiger charge is -2.21. The topological polar surface area (TPSA) is 92.8 Å². The summed E-state index contributed by atoms with van der Waals surface area (Å²) in [5, 5.41) is 15.9. The van der Waals surface area contributed by atoms with Crippen LogP contribution in [0.2, 0.25) is 0 Å². The summed E-state index contributed by atoms with van der Waals surface area (Å²) >= 11 is 0. The van der Waals surface area contributed by atoms with Crippen LogP contribution in [0.1, 0.15) is 25.6 Å². The Morgan fingerprint density at radius 1 is 1.73 bits per heavy atom. The van der Waals surface area contributed by atoms with E-state index in [1.54, 1.807) is 6.92 Å². The van der Waals surface area contributed by atoms with Crippen LogP contribution in [0, 0.1) is 0 Å². The summed E-state index contributed by atoms with van der Waals surface area (Å²) in [4.78, 5) is 11.7. The Bertz CT molecular complexity index is 331. The normalized spacial score (nSPS) is 25.4. The van der Waals surface area contributed by atoms with Gasteiger partial charge in [-0.3, -0.25) is 4.79 Å². The average Bonchev–Trinajstić information content (AvgIpc) is 2.85. The van der Waals surface area contributed by atoms with Crippen LogP contribution in [0.25, 0.3) is 0 Å². The van der Waals surface area contributed by atoms with Gasteiger partial charge in [0.15, 0.2) is 5.82 Å². The SMILES string of the molecule is CC1(C(=O)NCc2nn[nH]n2)CCCO1. The Balaban J connectivity index is 1.87. The van der Waals surface area contributed by atoms with Crippen molar-refractivity contribution in [1.29, 1.82) is 0 Å². The second-order valence-electron chi connectivity index (χ2n) is 3.69. The van der Waals surface area contributed by atoms with Crippen LogP contribution >= 0.6 is 0 Å². The van der Waals surface area contributed by atoms with E-state index in [-0.39, 0.29) is 12.5 Å². The number of carbonyl (C=O) groups excluding carboxylic acids is 1. The molecule has 0 bridgehead atoms. The molecular formula is C8H13N5O2. The number of hydrogen-bond donors (Lipinski definition) is 2. The van der Waals surface area contributed by atoms with Crippen molar-refractivity contribution in [2.75, 3.05) is 6.61 Å². The summed E-state index contributed by atoms with van der Waals surface area (Å²) in [5.74, 6) is 0.342. The minimum atomic E-state index is -0.691. The molecule has 2 rings (SSSR count). The molecule has 0 spiro atoms. The zero-order valence-electron chi connectivity index (χ0n) is 8.49. The summed E-state index contributed by atoms with van der Waals surface area (Å²) in [7, 11) is 0. The van der Waals surface area contributed by atoms with E-state index in [2.05, 4.69) is 25.9 Å². The van der Waals surface area contributed by atoms with E-state index >= 15 is 0 Å². The fourth-order valence-electron chi connectivity index (χ4n) is 1.56. The van der Waals surface area contributed by atoms with Gasteiger partial charge in [0.25, 0.3) is 5.91 Å². The van der Waals surface area contributed by atoms with Crippen molar-refractivity contribution in [3.8, 4) is 0 Å². The molecule has 1 amide bonds. The molecule has 0 saturated carbocycles. The first kappa shape index (κ1) is 10.0. The zero-order chi connectivity index (χ0) is 10.7. The Morgan fingerprint density at radius 3 is 3.20 bits per heavy atom. The summed E-state index contributed by atoms with van der Waals surface area (Å²) in [6.07, 6.45) is 1.68. The van der Waals surface area contributed by atoms with Crippen molar-refractivity contribution >= 4 is 5.91 Å². The molecular weight excluding hydrogens is 198 g/mol. The number of aromatic nitrogens is 4. The molecule has 82 valence electrons. The predicted octanol–water partition coefficient (Wildman–Crippen LogP) is -0.615. The Kier molecular flexibility index (Phi) is 2.63. The van der Waals surface area contributed by atoms with Gasteiger partial charge in [-0.2, -0.15) is 5.21 Å². The molecule has 0 aliphatic carbocycles. The van der Waals surface area contributed by atoms with Crippen LogP contribution < -0.4 is 5.32 Å². The van der Waals surface area contributed by atoms with Gasteiger partial charge in [-0.1, -0.05) is 5.21 Å². The monoisotopic (exact) mass is 211 g/mol. The molecule has 1 aromatic rings. The van der Waals surface area contributed by atoms with E-state index < -0.39 is 5.60 Å². The number of amides is 1. The lowest BCUT2D eigenvalue weighted by atomic mass is 10.0. The van der Waals surface area contributed by atoms with E-state index in [9.17, 15) is 4.79 Å². The van der Waals surface area contributed by atoms with Crippen molar-refractivity contribution in [1.82, 2.24) is 25.9 Å². The van der Waals surface area contributed by atoms with Gasteiger partial charge in [0.2, 0.25) is 0 Å². The molecule has 15 heavy (non-hydrogen) atoms. The molecule has 2 heterocycles. The molecule has 1 atom stereocenters. The van der Waals surface area contributed by atoms with Crippen molar-refractivity contribution in [2.45, 2.75) is 31.9 Å². The zero-order valence-corrected chi connectivity index (χ0v) is 8.49. The largest absolute Gasteiger partial charge is 0.365 e. The minimum absolute atomic E-state index is 0.121. The first-order valence-corrected chi connectivity index (χ1v) is 4.85. The van der Waals surface area contributed by atoms with Crippen molar-refractivity contribution in [2.24, 2.45) is 0 Å². The first-order chi connectivity index (χ1) is 7.21. The van der Waals surface area contributed by atoms with Crippen molar-refractivity contribution < 1.29 is 9.53 Å². The highest BCUT2D eigenvalue weighted by Crippen LogP contribution is 2.24. The number of rotatable bonds is 3. The van der Waals surface area contributed by atoms with E-state index in [0.29, 0.717) is 12.4 Å². The molecule has 1 aliphatic heterocycles. The predicted molar refractivity (Wildman–Crippen MR) is 49.6 cm³/mol. The number of aromatic amines is 1. The number of ether oxygens (including phenoxy) is 1. The van der Waals surface area contributed by atoms with Gasteiger partial charge in [0, 0.05) is 6.61 Å². The van der Waals surface area contributed by atoms with E-state index in [1.807, 2.05) is 0 Å². The molecule has 2 N–H and O–H groups in total. The number of carbonyl (C=O) groups is 1. The van der Waals surface area contributed by atoms with Crippen LogP contribution in [0.5, 0.6) is 0 Å². The van der Waals surface area contributed by atoms with Gasteiger partial charge < -0.3 is 10.1 Å². The number of tetrazole rings is 1. The summed E-state index contributed by atoms with van der Waals surface area (Å²) in [5.41, 5.74) is -0.691. The fourth-order valence-corrected chi connectivity index (χ4v) is 1.56. The molecule has 1 aromatic heterocycles. The van der Waals surface area contributed by atoms with Crippen LogP contribution in [0.4, 0.5) is 0 Å². The van der Waals surface area contributed by atoms with E-state index in [0.717, 1.165) is 12.8 Å². The quantitative estimate of drug-likeness (QED) is 0.695. The second kappa shape index (κ2) is 3.93. The van der Waals surface area contributed by atoms with Crippen LogP contribution in [-0.4, -0.2) is 38.7 Å². The fraction of sp³-hybridized carbons (Fsp3) is 0.750. The van der Waals surface area contributed by atoms with Gasteiger partial charge in [0.1, 0.15) is 5.60 Å². The number of nitrogens with one attached hydrogen (secondary N) is 2. The van der Waals surface area contributed by atoms with E-state index in [4.69, 9.17) is 4.74 Å². The molecule has 0 radical (unpaired) electrons. The Labute approximate surface area is 86.6 Å². The third-order valence-corrected chi connectivity index (χ3v) is 2.50. The lowest BCUT2D eigenvalue weighted by Crippen LogP contribution is -2.43. The van der Waals surface area contributed by atoms with E-state index in [1.165, 1.54) is 0 Å². The average molecular weight is 211 g/mol. The maximum atomic E-state index is 11.7. The molecule has 1 aliphatic rings. The molecule has 1 unspecified atom stereocenters. The highest BCUT2D eigenvalue weighted by molar-refractivity contribution is 5.84. The van der Waals surface area contributed by atoms with Crippen LogP contribution in [0.15, 0.2) is 0 Å². The number of H-pyrrole nitrogens is 1. The molecule has 1 saturated heterocycles. The maximum Gasteiger partial charge on any atom is 0.252 e. The molecule has 7 heteroatoms. The van der Waals surface area contributed by atoms with Crippen LogP contribution in [0.3, 0.4) is 0 Å². The van der Waals surface area contributed by atoms with Crippen molar-refractivity contribution in [3.05, 3.63) is 5.82 Å². The van der Waals surface area contributed by atoms with Gasteiger partial charge in [-0.15, -0.1) is 10.2 Å². The molecule has 7 nitrogen and oxygen atoms in total.